The fourth-order valence-corrected chi connectivity index (χ4v) is 6.72. The zero-order valence-corrected chi connectivity index (χ0v) is 24.6. The zero-order chi connectivity index (χ0) is 28.7. The second kappa shape index (κ2) is 11.3. The number of aromatic nitrogens is 3. The van der Waals surface area contributed by atoms with E-state index in [9.17, 15) is 9.90 Å². The number of nitrogens with zero attached hydrogens (tertiary/aromatic N) is 6. The Morgan fingerprint density at radius 3 is 2.31 bits per heavy atom. The third-order valence-electron chi connectivity index (χ3n) is 9.45. The van der Waals surface area contributed by atoms with Gasteiger partial charge in [0.1, 0.15) is 0 Å². The molecule has 42 heavy (non-hydrogen) atoms. The largest absolute Gasteiger partial charge is 0.385 e. The van der Waals surface area contributed by atoms with Gasteiger partial charge in [-0.3, -0.25) is 9.69 Å². The summed E-state index contributed by atoms with van der Waals surface area (Å²) in [5.74, 6) is 0.859. The van der Waals surface area contributed by atoms with Crippen LogP contribution in [0.5, 0.6) is 0 Å². The number of carbonyl (C=O) groups excluding carboxylic acids is 1. The van der Waals surface area contributed by atoms with Crippen LogP contribution in [0.1, 0.15) is 59.4 Å². The van der Waals surface area contributed by atoms with Crippen LogP contribution in [0.4, 0.5) is 5.69 Å². The molecule has 0 atom stereocenters. The van der Waals surface area contributed by atoms with Crippen LogP contribution in [0, 0.1) is 0 Å². The summed E-state index contributed by atoms with van der Waals surface area (Å²) < 4.78 is 1.84. The molecular formula is C33H37ClN6O2. The molecule has 1 aliphatic carbocycles. The molecule has 4 heterocycles. The molecule has 0 radical (unpaired) electrons. The molecule has 9 heteroatoms. The quantitative estimate of drug-likeness (QED) is 0.352. The highest BCUT2D eigenvalue weighted by molar-refractivity contribution is 6.30. The standard InChI is InChI=1S/C33H37ClN6O2/c34-27-12-10-26(11-13-27)33(42)14-17-38(18-15-33)29-5-2-16-40-31(29)35-30(36-40)23-24-6-8-25(9-7-24)32(41)39-21-19-37(20-22-39)28-3-1-4-28/h2,5-13,16,28,42H,1,3-4,14-15,17-23H2. The number of hydrogen-bond donors (Lipinski definition) is 1. The van der Waals surface area contributed by atoms with Crippen molar-refractivity contribution in [3.63, 3.8) is 0 Å². The lowest BCUT2D eigenvalue weighted by Gasteiger charge is -2.42. The fraction of sp³-hybridized carbons (Fsp3) is 0.424. The summed E-state index contributed by atoms with van der Waals surface area (Å²) in [4.78, 5) is 24.9. The van der Waals surface area contributed by atoms with Crippen molar-refractivity contribution in [1.82, 2.24) is 24.4 Å². The van der Waals surface area contributed by atoms with Gasteiger partial charge < -0.3 is 14.9 Å². The third-order valence-corrected chi connectivity index (χ3v) is 9.71. The Morgan fingerprint density at radius 1 is 0.929 bits per heavy atom. The number of fused-ring (bicyclic) bond motifs is 1. The van der Waals surface area contributed by atoms with E-state index >= 15 is 0 Å². The smallest absolute Gasteiger partial charge is 0.253 e. The molecule has 218 valence electrons. The van der Waals surface area contributed by atoms with Crippen LogP contribution in [0.2, 0.25) is 5.02 Å². The first-order valence-electron chi connectivity index (χ1n) is 15.2. The van der Waals surface area contributed by atoms with Crippen LogP contribution in [0.15, 0.2) is 66.9 Å². The molecule has 0 spiro atoms. The summed E-state index contributed by atoms with van der Waals surface area (Å²) in [6.45, 7) is 5.01. The summed E-state index contributed by atoms with van der Waals surface area (Å²) in [5, 5.41) is 16.7. The molecule has 2 aromatic heterocycles. The minimum atomic E-state index is -0.858. The van der Waals surface area contributed by atoms with E-state index in [4.69, 9.17) is 21.7 Å². The maximum absolute atomic E-state index is 13.1. The van der Waals surface area contributed by atoms with Crippen molar-refractivity contribution < 1.29 is 9.90 Å². The van der Waals surface area contributed by atoms with Crippen molar-refractivity contribution in [3.8, 4) is 0 Å². The van der Waals surface area contributed by atoms with Crippen LogP contribution in [0.25, 0.3) is 5.65 Å². The highest BCUT2D eigenvalue weighted by atomic mass is 35.5. The van der Waals surface area contributed by atoms with Crippen molar-refractivity contribution >= 4 is 28.8 Å². The number of piperazine rings is 1. The van der Waals surface area contributed by atoms with Crippen molar-refractivity contribution in [1.29, 1.82) is 0 Å². The SMILES string of the molecule is O=C(c1ccc(Cc2nc3c(N4CCC(O)(c5ccc(Cl)cc5)CC4)cccn3n2)cc1)N1CCN(C2CCC2)CC1. The van der Waals surface area contributed by atoms with Gasteiger partial charge in [-0.15, -0.1) is 0 Å². The van der Waals surface area contributed by atoms with E-state index in [1.807, 2.05) is 70.2 Å². The molecular weight excluding hydrogens is 548 g/mol. The first kappa shape index (κ1) is 27.4. The van der Waals surface area contributed by atoms with Crippen LogP contribution >= 0.6 is 11.6 Å². The molecule has 3 fully saturated rings. The Kier molecular flexibility index (Phi) is 7.38. The summed E-state index contributed by atoms with van der Waals surface area (Å²) in [6.07, 6.45) is 7.73. The topological polar surface area (TPSA) is 77.2 Å². The summed E-state index contributed by atoms with van der Waals surface area (Å²) >= 11 is 6.05. The van der Waals surface area contributed by atoms with Crippen molar-refractivity contribution in [3.05, 3.63) is 94.4 Å². The highest BCUT2D eigenvalue weighted by Crippen LogP contribution is 2.36. The molecule has 0 unspecified atom stereocenters. The van der Waals surface area contributed by atoms with Gasteiger partial charge in [0, 0.05) is 68.5 Å². The molecule has 1 amide bonds. The number of halogens is 1. The molecule has 3 aliphatic rings. The molecule has 1 saturated carbocycles. The van der Waals surface area contributed by atoms with Gasteiger partial charge in [-0.05, 0) is 73.2 Å². The number of amides is 1. The lowest BCUT2D eigenvalue weighted by molar-refractivity contribution is 0.0118. The molecule has 2 aromatic carbocycles. The van der Waals surface area contributed by atoms with Crippen molar-refractivity contribution in [2.45, 2.75) is 50.2 Å². The number of pyridine rings is 1. The normalized spacial score (nSPS) is 19.7. The lowest BCUT2D eigenvalue weighted by atomic mass is 9.84. The molecule has 7 rings (SSSR count). The number of hydrogen-bond acceptors (Lipinski definition) is 6. The van der Waals surface area contributed by atoms with E-state index in [1.54, 1.807) is 0 Å². The van der Waals surface area contributed by atoms with Gasteiger partial charge in [0.05, 0.1) is 11.3 Å². The van der Waals surface area contributed by atoms with Gasteiger partial charge in [0.2, 0.25) is 0 Å². The number of aliphatic hydroxyl groups is 1. The predicted molar refractivity (Wildman–Crippen MR) is 164 cm³/mol. The first-order valence-corrected chi connectivity index (χ1v) is 15.5. The Bertz CT molecular complexity index is 1550. The number of anilines is 1. The maximum Gasteiger partial charge on any atom is 0.253 e. The number of carbonyl (C=O) groups is 1. The highest BCUT2D eigenvalue weighted by Gasteiger charge is 2.35. The first-order chi connectivity index (χ1) is 20.4. The Labute approximate surface area is 251 Å². The van der Waals surface area contributed by atoms with Gasteiger partial charge in [-0.2, -0.15) is 5.10 Å². The van der Waals surface area contributed by atoms with E-state index in [1.165, 1.54) is 19.3 Å². The van der Waals surface area contributed by atoms with Crippen molar-refractivity contribution in [2.75, 3.05) is 44.2 Å². The fourth-order valence-electron chi connectivity index (χ4n) is 6.60. The van der Waals surface area contributed by atoms with Crippen LogP contribution in [-0.2, 0) is 12.0 Å². The summed E-state index contributed by atoms with van der Waals surface area (Å²) in [5.41, 5.74) is 3.71. The van der Waals surface area contributed by atoms with Crippen molar-refractivity contribution in [2.24, 2.45) is 0 Å². The Hall–Kier alpha value is -3.46. The monoisotopic (exact) mass is 584 g/mol. The average Bonchev–Trinajstić information content (AvgIpc) is 3.40. The summed E-state index contributed by atoms with van der Waals surface area (Å²) in [6, 6.07) is 20.2. The predicted octanol–water partition coefficient (Wildman–Crippen LogP) is 4.77. The average molecular weight is 585 g/mol. The third kappa shape index (κ3) is 5.39. The molecule has 2 aliphatic heterocycles. The number of piperidine rings is 1. The second-order valence-corrected chi connectivity index (χ2v) is 12.4. The van der Waals surface area contributed by atoms with Gasteiger partial charge in [-0.1, -0.05) is 42.3 Å². The van der Waals surface area contributed by atoms with Gasteiger partial charge in [-0.25, -0.2) is 9.50 Å². The van der Waals surface area contributed by atoms with E-state index in [0.717, 1.165) is 66.1 Å². The van der Waals surface area contributed by atoms with Crippen LogP contribution in [-0.4, -0.2) is 80.7 Å². The minimum Gasteiger partial charge on any atom is -0.385 e. The maximum atomic E-state index is 13.1. The van der Waals surface area contributed by atoms with Gasteiger partial charge in [0.25, 0.3) is 5.91 Å². The molecule has 8 nitrogen and oxygen atoms in total. The summed E-state index contributed by atoms with van der Waals surface area (Å²) in [7, 11) is 0. The van der Waals surface area contributed by atoms with Gasteiger partial charge >= 0.3 is 0 Å². The number of benzene rings is 2. The zero-order valence-electron chi connectivity index (χ0n) is 23.8. The van der Waals surface area contributed by atoms with E-state index in [-0.39, 0.29) is 5.91 Å². The van der Waals surface area contributed by atoms with Gasteiger partial charge in [0.15, 0.2) is 11.5 Å². The molecule has 1 N–H and O–H groups in total. The molecule has 0 bridgehead atoms. The second-order valence-electron chi connectivity index (χ2n) is 12.0. The minimum absolute atomic E-state index is 0.120. The Morgan fingerprint density at radius 2 is 1.64 bits per heavy atom. The van der Waals surface area contributed by atoms with E-state index in [0.29, 0.717) is 37.4 Å². The molecule has 4 aromatic rings. The Balaban J connectivity index is 0.996. The van der Waals surface area contributed by atoms with E-state index < -0.39 is 5.60 Å². The van der Waals surface area contributed by atoms with E-state index in [2.05, 4.69) is 15.9 Å². The van der Waals surface area contributed by atoms with Crippen LogP contribution < -0.4 is 4.90 Å². The number of rotatable bonds is 6. The lowest BCUT2D eigenvalue weighted by Crippen LogP contribution is -2.53. The molecule has 2 saturated heterocycles. The van der Waals surface area contributed by atoms with Crippen LogP contribution in [0.3, 0.4) is 0 Å².